The van der Waals surface area contributed by atoms with Crippen LogP contribution in [0.3, 0.4) is 0 Å². The Morgan fingerprint density at radius 3 is 2.80 bits per heavy atom. The normalized spacial score (nSPS) is 8.20. The van der Waals surface area contributed by atoms with Gasteiger partial charge in [-0.3, -0.25) is 4.68 Å². The van der Waals surface area contributed by atoms with Crippen LogP contribution in [-0.4, -0.2) is 4.68 Å². The molecule has 0 bridgehead atoms. The zero-order valence-corrected chi connectivity index (χ0v) is 5.07. The van der Waals surface area contributed by atoms with Gasteiger partial charge in [0.2, 0.25) is 5.69 Å². The smallest absolute Gasteiger partial charge is 0.207 e. The van der Waals surface area contributed by atoms with E-state index in [4.69, 9.17) is 17.7 Å². The molecule has 0 spiro atoms. The highest BCUT2D eigenvalue weighted by atomic mass is 15.3. The minimum absolute atomic E-state index is 0.297. The predicted octanol–water partition coefficient (Wildman–Crippen LogP) is 0.624. The Bertz CT molecular complexity index is 322. The fourth-order valence-corrected chi connectivity index (χ4v) is 0.615. The number of hydrogen-bond acceptors (Lipinski definition) is 2. The highest BCUT2D eigenvalue weighted by Crippen LogP contribution is 2.13. The molecule has 0 unspecified atom stereocenters. The van der Waals surface area contributed by atoms with Gasteiger partial charge < -0.3 is 5.84 Å². The molecule has 1 aromatic heterocycles. The minimum atomic E-state index is 0.297. The van der Waals surface area contributed by atoms with Gasteiger partial charge in [0.1, 0.15) is 11.8 Å². The molecular formula is C6H4N4. The van der Waals surface area contributed by atoms with E-state index in [-0.39, 0.29) is 0 Å². The molecule has 2 N–H and O–H groups in total. The van der Waals surface area contributed by atoms with Crippen molar-refractivity contribution in [2.24, 2.45) is 0 Å². The van der Waals surface area contributed by atoms with Gasteiger partial charge in [0.25, 0.3) is 0 Å². The van der Waals surface area contributed by atoms with Crippen molar-refractivity contribution >= 4 is 5.69 Å². The number of nitrogens with two attached hydrogens (primary N) is 1. The lowest BCUT2D eigenvalue weighted by Crippen LogP contribution is -2.07. The fraction of sp³-hybridized carbons (Fsp3) is 0. The quantitative estimate of drug-likeness (QED) is 0.415. The van der Waals surface area contributed by atoms with Gasteiger partial charge in [0.05, 0.1) is 6.57 Å². The lowest BCUT2D eigenvalue weighted by molar-refractivity contribution is 0.996. The topological polar surface area (TPSA) is 59.1 Å². The SMILES string of the molecule is [C-]#[N+]c1cc(C#N)n(N)c1. The van der Waals surface area contributed by atoms with Crippen LogP contribution in [0.15, 0.2) is 12.3 Å². The Hall–Kier alpha value is -1.94. The molecule has 4 heteroatoms. The van der Waals surface area contributed by atoms with Gasteiger partial charge in [0.15, 0.2) is 0 Å². The summed E-state index contributed by atoms with van der Waals surface area (Å²) in [4.78, 5) is 3.10. The van der Waals surface area contributed by atoms with Gasteiger partial charge in [-0.2, -0.15) is 5.26 Å². The van der Waals surface area contributed by atoms with Crippen LogP contribution < -0.4 is 5.84 Å². The molecule has 0 aliphatic rings. The molecule has 0 aromatic carbocycles. The highest BCUT2D eigenvalue weighted by Gasteiger charge is 1.99. The summed E-state index contributed by atoms with van der Waals surface area (Å²) >= 11 is 0. The second-order valence-corrected chi connectivity index (χ2v) is 1.71. The van der Waals surface area contributed by atoms with Crippen molar-refractivity contribution in [3.8, 4) is 6.07 Å². The molecule has 0 radical (unpaired) electrons. The molecule has 10 heavy (non-hydrogen) atoms. The number of nitriles is 1. The third-order valence-electron chi connectivity index (χ3n) is 1.08. The summed E-state index contributed by atoms with van der Waals surface area (Å²) in [7, 11) is 0. The van der Waals surface area contributed by atoms with Crippen LogP contribution in [0.1, 0.15) is 5.69 Å². The van der Waals surface area contributed by atoms with Crippen LogP contribution in [0, 0.1) is 17.9 Å². The molecule has 4 nitrogen and oxygen atoms in total. The maximum absolute atomic E-state index is 8.37. The molecule has 1 aromatic rings. The van der Waals surface area contributed by atoms with E-state index >= 15 is 0 Å². The van der Waals surface area contributed by atoms with E-state index in [1.807, 2.05) is 6.07 Å². The van der Waals surface area contributed by atoms with E-state index in [1.54, 1.807) is 0 Å². The van der Waals surface area contributed by atoms with Crippen LogP contribution in [0.25, 0.3) is 4.85 Å². The third kappa shape index (κ3) is 0.785. The number of rotatable bonds is 0. The Labute approximate surface area is 57.9 Å². The summed E-state index contributed by atoms with van der Waals surface area (Å²) in [5.74, 6) is 5.28. The van der Waals surface area contributed by atoms with Crippen LogP contribution >= 0.6 is 0 Å². The van der Waals surface area contributed by atoms with Crippen molar-refractivity contribution in [1.29, 1.82) is 5.26 Å². The second-order valence-electron chi connectivity index (χ2n) is 1.71. The summed E-state index contributed by atoms with van der Waals surface area (Å²) in [5.41, 5.74) is 0.685. The summed E-state index contributed by atoms with van der Waals surface area (Å²) in [5, 5.41) is 8.37. The first-order chi connectivity index (χ1) is 4.77. The Morgan fingerprint density at radius 2 is 2.50 bits per heavy atom. The number of hydrogen-bond donors (Lipinski definition) is 1. The average molecular weight is 132 g/mol. The molecule has 0 atom stereocenters. The molecule has 0 aliphatic carbocycles. The lowest BCUT2D eigenvalue weighted by atomic mass is 10.4. The summed E-state index contributed by atoms with van der Waals surface area (Å²) in [6.07, 6.45) is 1.41. The maximum atomic E-state index is 8.37. The van der Waals surface area contributed by atoms with Gasteiger partial charge in [0, 0.05) is 6.20 Å². The highest BCUT2D eigenvalue weighted by molar-refractivity contribution is 5.48. The van der Waals surface area contributed by atoms with Crippen LogP contribution in [0.4, 0.5) is 5.69 Å². The zero-order valence-electron chi connectivity index (χ0n) is 5.07. The van der Waals surface area contributed by atoms with Gasteiger partial charge in [-0.25, -0.2) is 4.85 Å². The van der Waals surface area contributed by atoms with Crippen molar-refractivity contribution in [2.75, 3.05) is 5.84 Å². The minimum Gasteiger partial charge on any atom is -0.340 e. The van der Waals surface area contributed by atoms with Crippen LogP contribution in [0.2, 0.25) is 0 Å². The molecule has 0 saturated carbocycles. The molecule has 0 amide bonds. The number of nitrogen functional groups attached to an aromatic ring is 1. The third-order valence-corrected chi connectivity index (χ3v) is 1.08. The van der Waals surface area contributed by atoms with E-state index < -0.39 is 0 Å². The Balaban J connectivity index is 3.23. The first kappa shape index (κ1) is 6.18. The van der Waals surface area contributed by atoms with E-state index in [0.717, 1.165) is 4.68 Å². The van der Waals surface area contributed by atoms with Crippen molar-refractivity contribution in [1.82, 2.24) is 4.68 Å². The predicted molar refractivity (Wildman–Crippen MR) is 35.6 cm³/mol. The molecule has 0 saturated heterocycles. The van der Waals surface area contributed by atoms with Crippen LogP contribution in [-0.2, 0) is 0 Å². The monoisotopic (exact) mass is 132 g/mol. The van der Waals surface area contributed by atoms with Gasteiger partial charge in [-0.05, 0) is 6.07 Å². The second kappa shape index (κ2) is 2.12. The van der Waals surface area contributed by atoms with E-state index in [0.29, 0.717) is 11.4 Å². The van der Waals surface area contributed by atoms with Gasteiger partial charge >= 0.3 is 0 Å². The lowest BCUT2D eigenvalue weighted by Gasteiger charge is -1.88. The molecular weight excluding hydrogens is 128 g/mol. The number of nitrogens with zero attached hydrogens (tertiary/aromatic N) is 3. The molecule has 0 fully saturated rings. The number of aromatic nitrogens is 1. The van der Waals surface area contributed by atoms with Crippen molar-refractivity contribution in [3.05, 3.63) is 29.4 Å². The van der Waals surface area contributed by atoms with Crippen molar-refractivity contribution in [2.45, 2.75) is 0 Å². The fourth-order valence-electron chi connectivity index (χ4n) is 0.615. The first-order valence-corrected chi connectivity index (χ1v) is 2.53. The molecule has 1 heterocycles. The average Bonchev–Trinajstić information content (AvgIpc) is 2.30. The standard InChI is InChI=1S/C6H4N4/c1-9-5-2-6(3-7)10(8)4-5/h2,4H,8H2. The summed E-state index contributed by atoms with van der Waals surface area (Å²) in [6, 6.07) is 3.28. The van der Waals surface area contributed by atoms with E-state index in [9.17, 15) is 0 Å². The molecule has 48 valence electrons. The largest absolute Gasteiger partial charge is 0.340 e. The Morgan fingerprint density at radius 1 is 1.80 bits per heavy atom. The van der Waals surface area contributed by atoms with Crippen molar-refractivity contribution < 1.29 is 0 Å². The molecule has 0 aliphatic heterocycles. The van der Waals surface area contributed by atoms with E-state index in [2.05, 4.69) is 4.85 Å². The Kier molecular flexibility index (Phi) is 1.31. The van der Waals surface area contributed by atoms with Gasteiger partial charge in [-0.15, -0.1) is 0 Å². The maximum Gasteiger partial charge on any atom is 0.207 e. The van der Waals surface area contributed by atoms with Crippen molar-refractivity contribution in [3.63, 3.8) is 0 Å². The zero-order chi connectivity index (χ0) is 7.56. The van der Waals surface area contributed by atoms with E-state index in [1.165, 1.54) is 12.3 Å². The molecule has 1 rings (SSSR count). The van der Waals surface area contributed by atoms with Gasteiger partial charge in [-0.1, -0.05) is 0 Å². The summed E-state index contributed by atoms with van der Waals surface area (Å²) in [6.45, 7) is 6.58. The first-order valence-electron chi connectivity index (χ1n) is 2.53. The van der Waals surface area contributed by atoms with Crippen LogP contribution in [0.5, 0.6) is 0 Å². The summed E-state index contributed by atoms with van der Waals surface area (Å²) < 4.78 is 1.13.